The van der Waals surface area contributed by atoms with E-state index >= 15 is 0 Å². The first-order valence-electron chi connectivity index (χ1n) is 4.93. The average molecular weight is 190 g/mol. The maximum Gasteiger partial charge on any atom is -0.0238 e. The number of rotatable bonds is 1. The first kappa shape index (κ1) is 15.4. The third-order valence-electron chi connectivity index (χ3n) is 1.43. The summed E-state index contributed by atoms with van der Waals surface area (Å²) in [6.45, 7) is 16.2. The normalized spacial score (nSPS) is 7.50. The van der Waals surface area contributed by atoms with E-state index in [2.05, 4.69) is 39.5 Å². The van der Waals surface area contributed by atoms with Gasteiger partial charge in [0.25, 0.3) is 0 Å². The van der Waals surface area contributed by atoms with Crippen LogP contribution in [0.15, 0.2) is 36.9 Å². The molecule has 0 aliphatic rings. The highest BCUT2D eigenvalue weighted by atomic mass is 13.9. The van der Waals surface area contributed by atoms with Crippen molar-refractivity contribution in [2.75, 3.05) is 0 Å². The molecule has 0 heterocycles. The Kier molecular flexibility index (Phi) is 13.2. The minimum atomic E-state index is 1.09. The molecule has 0 saturated carbocycles. The lowest BCUT2D eigenvalue weighted by molar-refractivity contribution is 1.14. The van der Waals surface area contributed by atoms with Gasteiger partial charge in [0.15, 0.2) is 0 Å². The Morgan fingerprint density at radius 2 is 1.50 bits per heavy atom. The van der Waals surface area contributed by atoms with Crippen LogP contribution in [-0.2, 0) is 6.42 Å². The molecule has 1 aromatic rings. The molecule has 0 aromatic heterocycles. The van der Waals surface area contributed by atoms with E-state index < -0.39 is 0 Å². The van der Waals surface area contributed by atoms with Crippen molar-refractivity contribution in [1.82, 2.24) is 0 Å². The first-order valence-corrected chi connectivity index (χ1v) is 4.93. The Labute approximate surface area is 89.7 Å². The van der Waals surface area contributed by atoms with Gasteiger partial charge in [0.1, 0.15) is 0 Å². The number of hydrogen-bond donors (Lipinski definition) is 0. The van der Waals surface area contributed by atoms with E-state index in [1.807, 2.05) is 19.1 Å². The van der Waals surface area contributed by atoms with Gasteiger partial charge in [0, 0.05) is 0 Å². The molecular weight excluding hydrogens is 168 g/mol. The zero-order valence-electron chi connectivity index (χ0n) is 9.72. The topological polar surface area (TPSA) is 0 Å². The SMILES string of the molecule is C=CC.[CH2]C.[CH2]c1ccc(CC)cc1. The van der Waals surface area contributed by atoms with Gasteiger partial charge in [-0.3, -0.25) is 0 Å². The molecule has 0 saturated heterocycles. The van der Waals surface area contributed by atoms with Crippen LogP contribution in [0.2, 0.25) is 0 Å². The van der Waals surface area contributed by atoms with Crippen LogP contribution in [0.5, 0.6) is 0 Å². The van der Waals surface area contributed by atoms with Crippen LogP contribution in [0.25, 0.3) is 0 Å². The highest BCUT2D eigenvalue weighted by molar-refractivity contribution is 5.23. The summed E-state index contributed by atoms with van der Waals surface area (Å²) >= 11 is 0. The molecule has 0 aliphatic carbocycles. The first-order chi connectivity index (χ1) is 6.74. The summed E-state index contributed by atoms with van der Waals surface area (Å²) in [5, 5.41) is 0. The van der Waals surface area contributed by atoms with Crippen LogP contribution >= 0.6 is 0 Å². The van der Waals surface area contributed by atoms with E-state index in [0.717, 1.165) is 12.0 Å². The fourth-order valence-electron chi connectivity index (χ4n) is 0.775. The largest absolute Gasteiger partial charge is 0.103 e. The van der Waals surface area contributed by atoms with Crippen molar-refractivity contribution < 1.29 is 0 Å². The number of aryl methyl sites for hydroxylation is 1. The number of allylic oxidation sites excluding steroid dienone is 1. The molecular formula is C14H22. The molecule has 0 aliphatic heterocycles. The summed E-state index contributed by atoms with van der Waals surface area (Å²) in [5.74, 6) is 0. The van der Waals surface area contributed by atoms with Gasteiger partial charge in [-0.25, -0.2) is 0 Å². The Morgan fingerprint density at radius 1 is 1.14 bits per heavy atom. The van der Waals surface area contributed by atoms with Crippen LogP contribution in [0, 0.1) is 13.8 Å². The van der Waals surface area contributed by atoms with Crippen molar-refractivity contribution in [1.29, 1.82) is 0 Å². The minimum Gasteiger partial charge on any atom is -0.103 e. The quantitative estimate of drug-likeness (QED) is 0.573. The van der Waals surface area contributed by atoms with Crippen LogP contribution in [0.1, 0.15) is 31.9 Å². The van der Waals surface area contributed by atoms with Crippen molar-refractivity contribution in [3.05, 3.63) is 61.9 Å². The lowest BCUT2D eigenvalue weighted by Crippen LogP contribution is -1.77. The third-order valence-corrected chi connectivity index (χ3v) is 1.43. The maximum atomic E-state index is 3.80. The molecule has 0 amide bonds. The predicted molar refractivity (Wildman–Crippen MR) is 67.2 cm³/mol. The Morgan fingerprint density at radius 3 is 1.79 bits per heavy atom. The Hall–Kier alpha value is -1.04. The fourth-order valence-corrected chi connectivity index (χ4v) is 0.775. The minimum absolute atomic E-state index is 1.09. The highest BCUT2D eigenvalue weighted by Gasteiger charge is 1.84. The van der Waals surface area contributed by atoms with Crippen LogP contribution in [0.4, 0.5) is 0 Å². The van der Waals surface area contributed by atoms with Gasteiger partial charge in [-0.15, -0.1) is 6.58 Å². The van der Waals surface area contributed by atoms with Gasteiger partial charge in [-0.1, -0.05) is 51.1 Å². The summed E-state index contributed by atoms with van der Waals surface area (Å²) in [6, 6.07) is 8.31. The fraction of sp³-hybridized carbons (Fsp3) is 0.286. The monoisotopic (exact) mass is 190 g/mol. The molecule has 0 heteroatoms. The van der Waals surface area contributed by atoms with Crippen molar-refractivity contribution in [3.63, 3.8) is 0 Å². The van der Waals surface area contributed by atoms with Crippen molar-refractivity contribution in [2.24, 2.45) is 0 Å². The van der Waals surface area contributed by atoms with E-state index in [1.54, 1.807) is 13.0 Å². The third kappa shape index (κ3) is 9.05. The van der Waals surface area contributed by atoms with Gasteiger partial charge in [-0.2, -0.15) is 0 Å². The van der Waals surface area contributed by atoms with Crippen molar-refractivity contribution in [3.8, 4) is 0 Å². The van der Waals surface area contributed by atoms with E-state index in [9.17, 15) is 0 Å². The van der Waals surface area contributed by atoms with E-state index in [0.29, 0.717) is 0 Å². The number of benzene rings is 1. The molecule has 78 valence electrons. The predicted octanol–water partition coefficient (Wildman–Crippen LogP) is 4.46. The Bertz CT molecular complexity index is 206. The number of hydrogen-bond acceptors (Lipinski definition) is 0. The second kappa shape index (κ2) is 12.0. The molecule has 0 N–H and O–H groups in total. The second-order valence-electron chi connectivity index (χ2n) is 2.58. The molecule has 2 radical (unpaired) electrons. The molecule has 0 unspecified atom stereocenters. The molecule has 0 nitrogen and oxygen atoms in total. The van der Waals surface area contributed by atoms with Crippen LogP contribution in [0.3, 0.4) is 0 Å². The van der Waals surface area contributed by atoms with Gasteiger partial charge >= 0.3 is 0 Å². The molecule has 14 heavy (non-hydrogen) atoms. The van der Waals surface area contributed by atoms with Crippen LogP contribution in [-0.4, -0.2) is 0 Å². The standard InChI is InChI=1S/C9H11.C3H6.C2H5/c1-3-9-6-4-8(2)5-7-9;1-3-2;1-2/h4-7H,2-3H2,1H3;3H,1H2,2H3;1H2,2H3. The summed E-state index contributed by atoms with van der Waals surface area (Å²) in [4.78, 5) is 0. The lowest BCUT2D eigenvalue weighted by Gasteiger charge is -1.94. The van der Waals surface area contributed by atoms with Gasteiger partial charge in [0.2, 0.25) is 0 Å². The van der Waals surface area contributed by atoms with Crippen molar-refractivity contribution in [2.45, 2.75) is 27.2 Å². The van der Waals surface area contributed by atoms with E-state index in [1.165, 1.54) is 5.56 Å². The molecule has 0 bridgehead atoms. The average Bonchev–Trinajstić information content (AvgIpc) is 2.23. The summed E-state index contributed by atoms with van der Waals surface area (Å²) in [5.41, 5.74) is 2.47. The van der Waals surface area contributed by atoms with E-state index in [4.69, 9.17) is 0 Å². The summed E-state index contributed by atoms with van der Waals surface area (Å²) < 4.78 is 0. The maximum absolute atomic E-state index is 3.80. The van der Waals surface area contributed by atoms with Crippen LogP contribution < -0.4 is 0 Å². The summed E-state index contributed by atoms with van der Waals surface area (Å²) in [6.07, 6.45) is 2.86. The van der Waals surface area contributed by atoms with Crippen molar-refractivity contribution >= 4 is 0 Å². The van der Waals surface area contributed by atoms with Gasteiger partial charge in [0.05, 0.1) is 0 Å². The molecule has 0 spiro atoms. The smallest absolute Gasteiger partial charge is 0.0238 e. The Balaban J connectivity index is 0. The molecule has 0 fully saturated rings. The highest BCUT2D eigenvalue weighted by Crippen LogP contribution is 2.02. The van der Waals surface area contributed by atoms with Gasteiger partial charge in [-0.05, 0) is 31.4 Å². The van der Waals surface area contributed by atoms with Gasteiger partial charge < -0.3 is 0 Å². The molecule has 0 atom stereocenters. The summed E-state index contributed by atoms with van der Waals surface area (Å²) in [7, 11) is 0. The zero-order chi connectivity index (χ0) is 11.4. The molecule has 1 rings (SSSR count). The molecule has 1 aromatic carbocycles. The van der Waals surface area contributed by atoms with E-state index in [-0.39, 0.29) is 0 Å². The lowest BCUT2D eigenvalue weighted by atomic mass is 10.1. The zero-order valence-corrected chi connectivity index (χ0v) is 9.72. The second-order valence-corrected chi connectivity index (χ2v) is 2.58.